The van der Waals surface area contributed by atoms with Crippen LogP contribution in [0.1, 0.15) is 58.2 Å². The summed E-state index contributed by atoms with van der Waals surface area (Å²) < 4.78 is 11.1. The minimum atomic E-state index is -0.460. The summed E-state index contributed by atoms with van der Waals surface area (Å²) >= 11 is 0. The molecule has 1 fully saturated rings. The fourth-order valence-corrected chi connectivity index (χ4v) is 2.65. The zero-order valence-electron chi connectivity index (χ0n) is 12.5. The Hall–Kier alpha value is -0.940. The van der Waals surface area contributed by atoms with Gasteiger partial charge in [0.2, 0.25) is 11.7 Å². The van der Waals surface area contributed by atoms with Crippen LogP contribution in [0.2, 0.25) is 0 Å². The maximum atomic E-state index is 5.57. The number of piperidine rings is 1. The van der Waals surface area contributed by atoms with Crippen molar-refractivity contribution in [3.05, 3.63) is 11.7 Å². The normalized spacial score (nSPS) is 27.2. The third-order valence-electron chi connectivity index (χ3n) is 4.63. The van der Waals surface area contributed by atoms with Crippen molar-refractivity contribution < 1.29 is 9.26 Å². The van der Waals surface area contributed by atoms with Crippen molar-refractivity contribution in [2.75, 3.05) is 20.2 Å². The molecule has 2 heterocycles. The first-order valence-electron chi connectivity index (χ1n) is 7.21. The third-order valence-corrected chi connectivity index (χ3v) is 4.63. The molecule has 0 spiro atoms. The highest BCUT2D eigenvalue weighted by Crippen LogP contribution is 2.35. The van der Waals surface area contributed by atoms with Crippen molar-refractivity contribution in [1.82, 2.24) is 15.5 Å². The van der Waals surface area contributed by atoms with Gasteiger partial charge in [0.1, 0.15) is 5.60 Å². The molecule has 1 aromatic rings. The van der Waals surface area contributed by atoms with Gasteiger partial charge in [-0.3, -0.25) is 0 Å². The van der Waals surface area contributed by atoms with Crippen LogP contribution in [0, 0.1) is 0 Å². The Morgan fingerprint density at radius 3 is 2.79 bits per heavy atom. The third kappa shape index (κ3) is 2.54. The second-order valence-electron chi connectivity index (χ2n) is 5.63. The molecule has 0 saturated carbocycles. The van der Waals surface area contributed by atoms with Gasteiger partial charge >= 0.3 is 0 Å². The van der Waals surface area contributed by atoms with Gasteiger partial charge in [-0.15, -0.1) is 0 Å². The van der Waals surface area contributed by atoms with Gasteiger partial charge < -0.3 is 14.6 Å². The summed E-state index contributed by atoms with van der Waals surface area (Å²) in [7, 11) is 1.69. The Kier molecular flexibility index (Phi) is 4.26. The quantitative estimate of drug-likeness (QED) is 0.887. The van der Waals surface area contributed by atoms with Gasteiger partial charge in [-0.25, -0.2) is 0 Å². The molecular formula is C14H25N3O2. The van der Waals surface area contributed by atoms with E-state index in [1.165, 1.54) is 0 Å². The Bertz CT molecular complexity index is 407. The molecule has 5 heteroatoms. The number of ether oxygens (including phenoxy) is 1. The SMILES string of the molecule is CCC1(c2nc(C(C)(CC)OC)no2)CCCNC1. The van der Waals surface area contributed by atoms with Gasteiger partial charge in [0.15, 0.2) is 0 Å². The van der Waals surface area contributed by atoms with E-state index in [0.717, 1.165) is 44.7 Å². The van der Waals surface area contributed by atoms with Crippen LogP contribution in [0.15, 0.2) is 4.52 Å². The van der Waals surface area contributed by atoms with E-state index in [-0.39, 0.29) is 5.41 Å². The van der Waals surface area contributed by atoms with E-state index in [0.29, 0.717) is 5.82 Å². The van der Waals surface area contributed by atoms with Gasteiger partial charge in [-0.1, -0.05) is 19.0 Å². The van der Waals surface area contributed by atoms with Crippen LogP contribution >= 0.6 is 0 Å². The van der Waals surface area contributed by atoms with E-state index in [2.05, 4.69) is 29.3 Å². The molecule has 0 bridgehead atoms. The van der Waals surface area contributed by atoms with E-state index < -0.39 is 5.60 Å². The monoisotopic (exact) mass is 267 g/mol. The number of nitrogens with one attached hydrogen (secondary N) is 1. The standard InChI is InChI=1S/C14H25N3O2/c1-5-13(3,18-4)11-16-12(19-17-11)14(6-2)8-7-9-15-10-14/h15H,5-10H2,1-4H3. The molecule has 5 nitrogen and oxygen atoms in total. The van der Waals surface area contributed by atoms with Crippen LogP contribution in [-0.2, 0) is 15.8 Å². The van der Waals surface area contributed by atoms with Crippen LogP contribution in [0.3, 0.4) is 0 Å². The van der Waals surface area contributed by atoms with Crippen molar-refractivity contribution in [1.29, 1.82) is 0 Å². The van der Waals surface area contributed by atoms with Crippen molar-refractivity contribution in [3.8, 4) is 0 Å². The number of hydrogen-bond donors (Lipinski definition) is 1. The molecule has 2 unspecified atom stereocenters. The summed E-state index contributed by atoms with van der Waals surface area (Å²) in [5.74, 6) is 1.42. The summed E-state index contributed by atoms with van der Waals surface area (Å²) in [6.07, 6.45) is 4.09. The Balaban J connectivity index is 2.29. The van der Waals surface area contributed by atoms with E-state index >= 15 is 0 Å². The first-order valence-corrected chi connectivity index (χ1v) is 7.21. The van der Waals surface area contributed by atoms with Gasteiger partial charge in [0, 0.05) is 13.7 Å². The smallest absolute Gasteiger partial charge is 0.234 e. The first kappa shape index (κ1) is 14.5. The number of rotatable bonds is 5. The lowest BCUT2D eigenvalue weighted by molar-refractivity contribution is -0.0106. The molecule has 2 atom stereocenters. The summed E-state index contributed by atoms with van der Waals surface area (Å²) in [6, 6.07) is 0. The highest BCUT2D eigenvalue weighted by Gasteiger charge is 2.39. The second-order valence-corrected chi connectivity index (χ2v) is 5.63. The fraction of sp³-hybridized carbons (Fsp3) is 0.857. The lowest BCUT2D eigenvalue weighted by Crippen LogP contribution is -2.43. The number of hydrogen-bond acceptors (Lipinski definition) is 5. The topological polar surface area (TPSA) is 60.2 Å². The molecule has 1 saturated heterocycles. The lowest BCUT2D eigenvalue weighted by atomic mass is 9.78. The summed E-state index contributed by atoms with van der Waals surface area (Å²) in [5.41, 5.74) is -0.468. The minimum Gasteiger partial charge on any atom is -0.370 e. The van der Waals surface area contributed by atoms with Crippen LogP contribution in [0.4, 0.5) is 0 Å². The van der Waals surface area contributed by atoms with E-state index in [9.17, 15) is 0 Å². The largest absolute Gasteiger partial charge is 0.370 e. The molecule has 19 heavy (non-hydrogen) atoms. The molecule has 0 radical (unpaired) electrons. The van der Waals surface area contributed by atoms with Crippen molar-refractivity contribution >= 4 is 0 Å². The molecule has 0 amide bonds. The molecule has 0 aromatic carbocycles. The van der Waals surface area contributed by atoms with Crippen molar-refractivity contribution in [3.63, 3.8) is 0 Å². The zero-order chi connectivity index (χ0) is 13.9. The molecule has 1 N–H and O–H groups in total. The average Bonchev–Trinajstić information content (AvgIpc) is 2.98. The predicted octanol–water partition coefficient (Wildman–Crippen LogP) is 2.37. The number of methoxy groups -OCH3 is 1. The van der Waals surface area contributed by atoms with Gasteiger partial charge in [-0.2, -0.15) is 4.98 Å². The van der Waals surface area contributed by atoms with Crippen LogP contribution in [0.25, 0.3) is 0 Å². The number of aromatic nitrogens is 2. The minimum absolute atomic E-state index is 0.00804. The predicted molar refractivity (Wildman–Crippen MR) is 73.0 cm³/mol. The van der Waals surface area contributed by atoms with Crippen molar-refractivity contribution in [2.45, 2.75) is 57.5 Å². The number of nitrogens with zero attached hydrogens (tertiary/aromatic N) is 2. The molecule has 1 aliphatic rings. The van der Waals surface area contributed by atoms with Gasteiger partial charge in [0.25, 0.3) is 0 Å². The first-order chi connectivity index (χ1) is 9.10. The second kappa shape index (κ2) is 5.59. The van der Waals surface area contributed by atoms with Crippen LogP contribution < -0.4 is 5.32 Å². The maximum absolute atomic E-state index is 5.57. The summed E-state index contributed by atoms with van der Waals surface area (Å²) in [5, 5.41) is 7.60. The van der Waals surface area contributed by atoms with E-state index in [1.54, 1.807) is 7.11 Å². The van der Waals surface area contributed by atoms with Crippen LogP contribution in [0.5, 0.6) is 0 Å². The summed E-state index contributed by atoms with van der Waals surface area (Å²) in [4.78, 5) is 4.65. The van der Waals surface area contributed by atoms with E-state index in [4.69, 9.17) is 9.26 Å². The van der Waals surface area contributed by atoms with E-state index in [1.807, 2.05) is 6.92 Å². The Morgan fingerprint density at radius 1 is 1.47 bits per heavy atom. The molecule has 0 aliphatic carbocycles. The fourth-order valence-electron chi connectivity index (χ4n) is 2.65. The Morgan fingerprint density at radius 2 is 2.26 bits per heavy atom. The zero-order valence-corrected chi connectivity index (χ0v) is 12.5. The summed E-state index contributed by atoms with van der Waals surface area (Å²) in [6.45, 7) is 8.25. The highest BCUT2D eigenvalue weighted by atomic mass is 16.5. The lowest BCUT2D eigenvalue weighted by Gasteiger charge is -2.33. The highest BCUT2D eigenvalue weighted by molar-refractivity contribution is 5.10. The molecule has 1 aliphatic heterocycles. The van der Waals surface area contributed by atoms with Gasteiger partial charge in [0.05, 0.1) is 5.41 Å². The molecular weight excluding hydrogens is 242 g/mol. The Labute approximate surface area is 115 Å². The van der Waals surface area contributed by atoms with Gasteiger partial charge in [-0.05, 0) is 39.2 Å². The van der Waals surface area contributed by atoms with Crippen LogP contribution in [-0.4, -0.2) is 30.3 Å². The molecule has 2 rings (SSSR count). The van der Waals surface area contributed by atoms with Crippen molar-refractivity contribution in [2.24, 2.45) is 0 Å². The molecule has 1 aromatic heterocycles. The average molecular weight is 267 g/mol. The maximum Gasteiger partial charge on any atom is 0.234 e. The molecule has 108 valence electrons.